The van der Waals surface area contributed by atoms with Crippen molar-refractivity contribution >= 4 is 5.97 Å². The number of carbonyl (C=O) groups excluding carboxylic acids is 1. The number of nitrogens with two attached hydrogens (primary N) is 1. The Morgan fingerprint density at radius 3 is 2.86 bits per heavy atom. The maximum absolute atomic E-state index is 11.3. The molecule has 0 saturated carbocycles. The molecule has 82 valence electrons. The molecule has 2 N–H and O–H groups in total. The van der Waals surface area contributed by atoms with Crippen molar-refractivity contribution in [3.8, 4) is 0 Å². The Balaban J connectivity index is 2.19. The minimum atomic E-state index is -0.517. The first-order chi connectivity index (χ1) is 6.61. The molecule has 4 nitrogen and oxygen atoms in total. The van der Waals surface area contributed by atoms with Crippen molar-refractivity contribution in [2.45, 2.75) is 38.8 Å². The molecule has 1 fully saturated rings. The summed E-state index contributed by atoms with van der Waals surface area (Å²) in [5.74, 6) is -0.206. The largest absolute Gasteiger partial charge is 0.462 e. The molecule has 2 atom stereocenters. The molecule has 0 aromatic heterocycles. The highest BCUT2D eigenvalue weighted by Gasteiger charge is 2.22. The summed E-state index contributed by atoms with van der Waals surface area (Å²) in [5, 5.41) is 0. The van der Waals surface area contributed by atoms with Gasteiger partial charge in [0, 0.05) is 6.61 Å². The van der Waals surface area contributed by atoms with E-state index in [1.165, 1.54) is 0 Å². The summed E-state index contributed by atoms with van der Waals surface area (Å²) in [4.78, 5) is 11.3. The van der Waals surface area contributed by atoms with Crippen LogP contribution in [-0.4, -0.2) is 31.3 Å². The van der Waals surface area contributed by atoms with Crippen LogP contribution in [-0.2, 0) is 14.3 Å². The maximum atomic E-state index is 11.3. The Morgan fingerprint density at radius 1 is 1.64 bits per heavy atom. The number of hydrogen-bond acceptors (Lipinski definition) is 4. The highest BCUT2D eigenvalue weighted by atomic mass is 16.6. The van der Waals surface area contributed by atoms with E-state index in [1.807, 2.05) is 13.8 Å². The average molecular weight is 201 g/mol. The third-order valence-corrected chi connectivity index (χ3v) is 2.43. The monoisotopic (exact) mass is 201 g/mol. The molecule has 0 aromatic carbocycles. The normalized spacial score (nSPS) is 23.9. The first-order valence-electron chi connectivity index (χ1n) is 5.15. The van der Waals surface area contributed by atoms with Gasteiger partial charge in [-0.1, -0.05) is 13.8 Å². The van der Waals surface area contributed by atoms with Gasteiger partial charge < -0.3 is 15.2 Å². The van der Waals surface area contributed by atoms with Crippen molar-refractivity contribution in [2.24, 2.45) is 11.7 Å². The first-order valence-corrected chi connectivity index (χ1v) is 5.15. The topological polar surface area (TPSA) is 61.6 Å². The van der Waals surface area contributed by atoms with Gasteiger partial charge in [0.05, 0.1) is 6.10 Å². The lowest BCUT2D eigenvalue weighted by Gasteiger charge is -2.16. The summed E-state index contributed by atoms with van der Waals surface area (Å²) in [6.07, 6.45) is 2.11. The van der Waals surface area contributed by atoms with Crippen molar-refractivity contribution < 1.29 is 14.3 Å². The molecule has 1 aliphatic rings. The fourth-order valence-electron chi connectivity index (χ4n) is 1.32. The van der Waals surface area contributed by atoms with Gasteiger partial charge in [-0.2, -0.15) is 0 Å². The van der Waals surface area contributed by atoms with Crippen LogP contribution in [0.15, 0.2) is 0 Å². The number of hydrogen-bond donors (Lipinski definition) is 1. The molecular formula is C10H19NO3. The first kappa shape index (κ1) is 11.5. The van der Waals surface area contributed by atoms with Crippen LogP contribution in [0.5, 0.6) is 0 Å². The summed E-state index contributed by atoms with van der Waals surface area (Å²) < 4.78 is 10.4. The second-order valence-corrected chi connectivity index (χ2v) is 4.03. The van der Waals surface area contributed by atoms with Crippen molar-refractivity contribution in [3.63, 3.8) is 0 Å². The average Bonchev–Trinajstić information content (AvgIpc) is 2.65. The highest BCUT2D eigenvalue weighted by molar-refractivity contribution is 5.75. The van der Waals surface area contributed by atoms with E-state index < -0.39 is 6.04 Å². The van der Waals surface area contributed by atoms with Crippen LogP contribution in [0.3, 0.4) is 0 Å². The molecule has 0 unspecified atom stereocenters. The van der Waals surface area contributed by atoms with E-state index >= 15 is 0 Å². The zero-order valence-corrected chi connectivity index (χ0v) is 8.86. The van der Waals surface area contributed by atoms with E-state index in [0.29, 0.717) is 6.61 Å². The van der Waals surface area contributed by atoms with Gasteiger partial charge in [-0.05, 0) is 18.8 Å². The minimum absolute atomic E-state index is 0.0818. The molecule has 0 bridgehead atoms. The van der Waals surface area contributed by atoms with Crippen molar-refractivity contribution in [2.75, 3.05) is 13.2 Å². The zero-order chi connectivity index (χ0) is 10.6. The molecule has 0 radical (unpaired) electrons. The summed E-state index contributed by atoms with van der Waals surface area (Å²) >= 11 is 0. The predicted octanol–water partition coefficient (Wildman–Crippen LogP) is 0.692. The van der Waals surface area contributed by atoms with Crippen LogP contribution < -0.4 is 5.73 Å². The quantitative estimate of drug-likeness (QED) is 0.680. The lowest BCUT2D eigenvalue weighted by atomic mass is 10.1. The van der Waals surface area contributed by atoms with Crippen molar-refractivity contribution in [3.05, 3.63) is 0 Å². The summed E-state index contributed by atoms with van der Waals surface area (Å²) in [6.45, 7) is 4.92. The third-order valence-electron chi connectivity index (χ3n) is 2.43. The lowest BCUT2D eigenvalue weighted by Crippen LogP contribution is -2.38. The summed E-state index contributed by atoms with van der Waals surface area (Å²) in [7, 11) is 0. The van der Waals surface area contributed by atoms with Gasteiger partial charge in [0.1, 0.15) is 12.6 Å². The molecule has 1 rings (SSSR count). The fourth-order valence-corrected chi connectivity index (χ4v) is 1.32. The van der Waals surface area contributed by atoms with Crippen LogP contribution >= 0.6 is 0 Å². The van der Waals surface area contributed by atoms with Crippen LogP contribution in [0.4, 0.5) is 0 Å². The van der Waals surface area contributed by atoms with E-state index in [0.717, 1.165) is 19.4 Å². The Hall–Kier alpha value is -0.610. The lowest BCUT2D eigenvalue weighted by molar-refractivity contribution is -0.149. The number of esters is 1. The van der Waals surface area contributed by atoms with Crippen molar-refractivity contribution in [1.82, 2.24) is 0 Å². The maximum Gasteiger partial charge on any atom is 0.323 e. The number of rotatable bonds is 4. The standard InChI is InChI=1S/C10H19NO3/c1-7(2)9(11)10(12)14-6-8-4-3-5-13-8/h7-9H,3-6,11H2,1-2H3/t8-,9+/m1/s1. The van der Waals surface area contributed by atoms with Gasteiger partial charge in [0.15, 0.2) is 0 Å². The molecule has 4 heteroatoms. The fraction of sp³-hybridized carbons (Fsp3) is 0.900. The second kappa shape index (κ2) is 5.32. The molecule has 0 amide bonds. The van der Waals surface area contributed by atoms with Gasteiger partial charge >= 0.3 is 5.97 Å². The van der Waals surface area contributed by atoms with Crippen LogP contribution in [0, 0.1) is 5.92 Å². The van der Waals surface area contributed by atoms with Crippen LogP contribution in [0.2, 0.25) is 0 Å². The Morgan fingerprint density at radius 2 is 2.36 bits per heavy atom. The number of ether oxygens (including phenoxy) is 2. The van der Waals surface area contributed by atoms with Gasteiger partial charge in [0.25, 0.3) is 0 Å². The van der Waals surface area contributed by atoms with Crippen molar-refractivity contribution in [1.29, 1.82) is 0 Å². The molecule has 1 aliphatic heterocycles. The third kappa shape index (κ3) is 3.27. The van der Waals surface area contributed by atoms with Crippen LogP contribution in [0.1, 0.15) is 26.7 Å². The molecule has 0 aliphatic carbocycles. The Kier molecular flexibility index (Phi) is 4.35. The molecule has 14 heavy (non-hydrogen) atoms. The Labute approximate surface area is 84.7 Å². The molecule has 0 aromatic rings. The minimum Gasteiger partial charge on any atom is -0.462 e. The van der Waals surface area contributed by atoms with Gasteiger partial charge in [-0.25, -0.2) is 0 Å². The molecular weight excluding hydrogens is 182 g/mol. The van der Waals surface area contributed by atoms with Gasteiger partial charge in [0.2, 0.25) is 0 Å². The number of carbonyl (C=O) groups is 1. The van der Waals surface area contributed by atoms with E-state index in [9.17, 15) is 4.79 Å². The van der Waals surface area contributed by atoms with Gasteiger partial charge in [-0.15, -0.1) is 0 Å². The smallest absolute Gasteiger partial charge is 0.323 e. The van der Waals surface area contributed by atoms with E-state index in [2.05, 4.69) is 0 Å². The predicted molar refractivity (Wildman–Crippen MR) is 52.7 cm³/mol. The molecule has 1 heterocycles. The molecule has 1 saturated heterocycles. The molecule has 0 spiro atoms. The summed E-state index contributed by atoms with van der Waals surface area (Å²) in [6, 6.07) is -0.517. The van der Waals surface area contributed by atoms with Crippen LogP contribution in [0.25, 0.3) is 0 Å². The highest BCUT2D eigenvalue weighted by Crippen LogP contribution is 2.12. The zero-order valence-electron chi connectivity index (χ0n) is 8.86. The van der Waals surface area contributed by atoms with E-state index in [1.54, 1.807) is 0 Å². The van der Waals surface area contributed by atoms with E-state index in [4.69, 9.17) is 15.2 Å². The second-order valence-electron chi connectivity index (χ2n) is 4.03. The van der Waals surface area contributed by atoms with E-state index in [-0.39, 0.29) is 18.0 Å². The Bertz CT molecular complexity index is 188. The summed E-state index contributed by atoms with van der Waals surface area (Å²) in [5.41, 5.74) is 5.63. The van der Waals surface area contributed by atoms with Gasteiger partial charge in [-0.3, -0.25) is 4.79 Å². The SMILES string of the molecule is CC(C)[C@H](N)C(=O)OC[C@H]1CCCO1.